The van der Waals surface area contributed by atoms with Gasteiger partial charge in [0.2, 0.25) is 12.3 Å². The highest BCUT2D eigenvalue weighted by Crippen LogP contribution is 2.36. The largest absolute Gasteiger partial charge is 0.430 e. The zero-order chi connectivity index (χ0) is 21.8. The molecule has 2 N–H and O–H groups in total. The Kier molecular flexibility index (Phi) is 7.56. The minimum absolute atomic E-state index is 0.133. The second-order valence-corrected chi connectivity index (χ2v) is 9.74. The van der Waals surface area contributed by atoms with Crippen LogP contribution in [0.3, 0.4) is 0 Å². The van der Waals surface area contributed by atoms with Crippen LogP contribution in [0.5, 0.6) is 0 Å². The van der Waals surface area contributed by atoms with E-state index in [4.69, 9.17) is 0 Å². The summed E-state index contributed by atoms with van der Waals surface area (Å²) in [5, 5.41) is 12.7. The lowest BCUT2D eigenvalue weighted by molar-refractivity contribution is -0.786. The Bertz CT molecular complexity index is 639. The summed E-state index contributed by atoms with van der Waals surface area (Å²) < 4.78 is -0.439. The highest BCUT2D eigenvalue weighted by Gasteiger charge is 2.55. The predicted octanol–water partition coefficient (Wildman–Crippen LogP) is 2.84. The van der Waals surface area contributed by atoms with Crippen LogP contribution in [0.1, 0.15) is 72.6 Å². The van der Waals surface area contributed by atoms with E-state index >= 15 is 0 Å². The number of rotatable bonds is 6. The van der Waals surface area contributed by atoms with Gasteiger partial charge in [-0.2, -0.15) is 4.48 Å². The van der Waals surface area contributed by atoms with Gasteiger partial charge in [-0.1, -0.05) is 46.5 Å². The van der Waals surface area contributed by atoms with Gasteiger partial charge in [0.15, 0.2) is 0 Å². The van der Waals surface area contributed by atoms with Crippen LogP contribution in [-0.2, 0) is 14.4 Å². The van der Waals surface area contributed by atoms with Gasteiger partial charge in [-0.05, 0) is 19.3 Å². The molecule has 0 spiro atoms. The van der Waals surface area contributed by atoms with Crippen molar-refractivity contribution in [2.75, 3.05) is 13.1 Å². The summed E-state index contributed by atoms with van der Waals surface area (Å²) in [4.78, 5) is 50.4. The summed E-state index contributed by atoms with van der Waals surface area (Å²) in [7, 11) is 0. The molecule has 2 aliphatic rings. The van der Waals surface area contributed by atoms with Crippen molar-refractivity contribution in [3.8, 4) is 0 Å². The monoisotopic (exact) mass is 410 g/mol. The Morgan fingerprint density at radius 1 is 1.17 bits per heavy atom. The molecule has 1 unspecified atom stereocenters. The molecule has 1 aliphatic heterocycles. The number of hydrogen-bond donors (Lipinski definition) is 2. The average molecular weight is 411 g/mol. The molecule has 1 heterocycles. The van der Waals surface area contributed by atoms with E-state index in [1.807, 2.05) is 6.92 Å². The van der Waals surface area contributed by atoms with E-state index in [9.17, 15) is 24.4 Å². The number of imide groups is 2. The summed E-state index contributed by atoms with van der Waals surface area (Å²) in [6.07, 6.45) is 6.48. The van der Waals surface area contributed by atoms with Crippen LogP contribution in [-0.4, -0.2) is 58.1 Å². The first-order chi connectivity index (χ1) is 13.5. The van der Waals surface area contributed by atoms with Crippen molar-refractivity contribution in [1.82, 2.24) is 10.4 Å². The second-order valence-electron chi connectivity index (χ2n) is 9.74. The number of likely N-dealkylation sites (tertiary alicyclic amines) is 1. The Labute approximate surface area is 173 Å². The van der Waals surface area contributed by atoms with E-state index < -0.39 is 27.8 Å². The molecule has 0 aromatic heterocycles. The van der Waals surface area contributed by atoms with Gasteiger partial charge in [0.1, 0.15) is 6.04 Å². The summed E-state index contributed by atoms with van der Waals surface area (Å²) in [6.45, 7) is 7.20. The van der Waals surface area contributed by atoms with Crippen LogP contribution in [0.4, 0.5) is 4.79 Å². The van der Waals surface area contributed by atoms with Gasteiger partial charge in [-0.3, -0.25) is 14.8 Å². The Hall–Kier alpha value is -1.80. The van der Waals surface area contributed by atoms with E-state index in [2.05, 4.69) is 5.32 Å². The molecule has 0 radical (unpaired) electrons. The molecule has 1 aliphatic carbocycles. The van der Waals surface area contributed by atoms with Crippen molar-refractivity contribution in [3.63, 3.8) is 0 Å². The van der Waals surface area contributed by atoms with Crippen LogP contribution in [0, 0.1) is 17.3 Å². The maximum absolute atomic E-state index is 13.7. The van der Waals surface area contributed by atoms with Gasteiger partial charge in [0, 0.05) is 18.3 Å². The molecule has 29 heavy (non-hydrogen) atoms. The van der Waals surface area contributed by atoms with Gasteiger partial charge in [-0.25, -0.2) is 20.0 Å². The summed E-state index contributed by atoms with van der Waals surface area (Å²) in [6, 6.07) is -0.850. The lowest BCUT2D eigenvalue weighted by atomic mass is 9.91. The zero-order valence-corrected chi connectivity index (χ0v) is 18.1. The van der Waals surface area contributed by atoms with Crippen molar-refractivity contribution in [2.24, 2.45) is 17.3 Å². The van der Waals surface area contributed by atoms with Crippen molar-refractivity contribution in [3.05, 3.63) is 0 Å². The first kappa shape index (κ1) is 23.5. The molecule has 2 rings (SSSR count). The maximum Gasteiger partial charge on any atom is 0.430 e. The lowest BCUT2D eigenvalue weighted by Gasteiger charge is -2.36. The third-order valence-corrected chi connectivity index (χ3v) is 6.51. The number of amides is 5. The fourth-order valence-corrected chi connectivity index (χ4v) is 4.69. The standard InChI is InChI=1S/C21H35N3O5/c1-15-8-7-11-24(15,20(28)22-19(27)21(2,3)4)18(26)17(13-23(29)14-25)12-16-9-5-6-10-16/h14-17,29H,5-13H2,1-4H3/p+1/t15-,17-,24?/m1/s1. The first-order valence-electron chi connectivity index (χ1n) is 10.7. The smallest absolute Gasteiger partial charge is 0.286 e. The summed E-state index contributed by atoms with van der Waals surface area (Å²) in [5.74, 6) is -1.02. The molecule has 164 valence electrons. The van der Waals surface area contributed by atoms with Crippen molar-refractivity contribution in [2.45, 2.75) is 78.7 Å². The minimum Gasteiger partial charge on any atom is -0.286 e. The van der Waals surface area contributed by atoms with Gasteiger partial charge in [-0.15, -0.1) is 0 Å². The molecule has 1 saturated carbocycles. The number of nitrogens with one attached hydrogen (secondary N) is 1. The molecule has 0 bridgehead atoms. The second kappa shape index (κ2) is 9.34. The van der Waals surface area contributed by atoms with E-state index in [0.29, 0.717) is 36.8 Å². The quantitative estimate of drug-likeness (QED) is 0.303. The Morgan fingerprint density at radius 2 is 1.79 bits per heavy atom. The SMILES string of the molecule is C[C@@H]1CCC[N+]1(C(=O)NC(=O)C(C)(C)C)C(=O)[C@H](CC1CCCC1)CN(O)C=O. The molecule has 2 fully saturated rings. The number of carbonyl (C=O) groups excluding carboxylic acids is 4. The normalized spacial score (nSPS) is 26.2. The fraction of sp³-hybridized carbons (Fsp3) is 0.810. The van der Waals surface area contributed by atoms with E-state index in [-0.39, 0.29) is 24.9 Å². The van der Waals surface area contributed by atoms with Gasteiger partial charge in [0.25, 0.3) is 0 Å². The number of hydroxylamine groups is 2. The van der Waals surface area contributed by atoms with Crippen LogP contribution in [0.25, 0.3) is 0 Å². The molecular weight excluding hydrogens is 374 g/mol. The number of nitrogens with zero attached hydrogens (tertiary/aromatic N) is 2. The summed E-state index contributed by atoms with van der Waals surface area (Å²) in [5.41, 5.74) is -0.756. The molecular formula is C21H36N3O5+. The Balaban J connectivity index is 2.31. The van der Waals surface area contributed by atoms with Crippen LogP contribution in [0.2, 0.25) is 0 Å². The molecule has 0 aromatic rings. The number of hydrogen-bond acceptors (Lipinski definition) is 5. The molecule has 1 saturated heterocycles. The third kappa shape index (κ3) is 5.22. The number of quaternary nitrogens is 1. The van der Waals surface area contributed by atoms with E-state index in [0.717, 1.165) is 25.7 Å². The van der Waals surface area contributed by atoms with Crippen molar-refractivity contribution in [1.29, 1.82) is 0 Å². The molecule has 3 atom stereocenters. The van der Waals surface area contributed by atoms with Crippen LogP contribution < -0.4 is 5.32 Å². The highest BCUT2D eigenvalue weighted by molar-refractivity contribution is 5.98. The first-order valence-corrected chi connectivity index (χ1v) is 10.7. The maximum atomic E-state index is 13.7. The molecule has 0 aromatic carbocycles. The number of carbonyl (C=O) groups is 4. The van der Waals surface area contributed by atoms with Crippen molar-refractivity contribution < 1.29 is 28.9 Å². The molecule has 5 amide bonds. The van der Waals surface area contributed by atoms with Crippen LogP contribution in [0.15, 0.2) is 0 Å². The highest BCUT2D eigenvalue weighted by atomic mass is 16.5. The van der Waals surface area contributed by atoms with Gasteiger partial charge < -0.3 is 0 Å². The van der Waals surface area contributed by atoms with Crippen LogP contribution >= 0.6 is 0 Å². The third-order valence-electron chi connectivity index (χ3n) is 6.51. The lowest BCUT2D eigenvalue weighted by Crippen LogP contribution is -2.66. The topological polar surface area (TPSA) is 104 Å². The van der Waals surface area contributed by atoms with E-state index in [1.165, 1.54) is 0 Å². The minimum atomic E-state index is -0.756. The summed E-state index contributed by atoms with van der Waals surface area (Å²) >= 11 is 0. The van der Waals surface area contributed by atoms with Gasteiger partial charge in [0.05, 0.1) is 19.0 Å². The number of urea groups is 1. The van der Waals surface area contributed by atoms with Crippen molar-refractivity contribution >= 4 is 24.3 Å². The zero-order valence-electron chi connectivity index (χ0n) is 18.1. The van der Waals surface area contributed by atoms with E-state index in [1.54, 1.807) is 20.8 Å². The molecule has 8 nitrogen and oxygen atoms in total. The predicted molar refractivity (Wildman–Crippen MR) is 106 cm³/mol. The molecule has 8 heteroatoms. The van der Waals surface area contributed by atoms with Gasteiger partial charge >= 0.3 is 11.9 Å². The average Bonchev–Trinajstić information content (AvgIpc) is 3.29. The fourth-order valence-electron chi connectivity index (χ4n) is 4.69. The Morgan fingerprint density at radius 3 is 2.28 bits per heavy atom.